The fourth-order valence-electron chi connectivity index (χ4n) is 1.67. The number of benzene rings is 1. The van der Waals surface area contributed by atoms with Gasteiger partial charge < -0.3 is 4.57 Å². The molecule has 0 amide bonds. The van der Waals surface area contributed by atoms with E-state index in [1.165, 1.54) is 18.4 Å². The first kappa shape index (κ1) is 13.2. The van der Waals surface area contributed by atoms with E-state index in [1.807, 2.05) is 24.4 Å². The molecule has 0 fully saturated rings. The summed E-state index contributed by atoms with van der Waals surface area (Å²) in [6.07, 6.45) is 6.35. The van der Waals surface area contributed by atoms with Gasteiger partial charge in [-0.05, 0) is 6.42 Å². The molecule has 0 aliphatic rings. The van der Waals surface area contributed by atoms with Crippen molar-refractivity contribution in [1.82, 2.24) is 9.55 Å². The van der Waals surface area contributed by atoms with Gasteiger partial charge in [0.05, 0.1) is 0 Å². The lowest BCUT2D eigenvalue weighted by Crippen LogP contribution is -1.98. The average Bonchev–Trinajstić information content (AvgIpc) is 2.75. The SMILES string of the molecule is CCCCn1ccnc1-c1ccccc1.I. The first-order valence-electron chi connectivity index (χ1n) is 5.48. The van der Waals surface area contributed by atoms with Crippen molar-refractivity contribution in [2.75, 3.05) is 0 Å². The van der Waals surface area contributed by atoms with Gasteiger partial charge in [0.2, 0.25) is 0 Å². The fourth-order valence-corrected chi connectivity index (χ4v) is 1.67. The summed E-state index contributed by atoms with van der Waals surface area (Å²) in [4.78, 5) is 4.40. The molecule has 0 radical (unpaired) electrons. The van der Waals surface area contributed by atoms with Crippen LogP contribution in [0, 0.1) is 0 Å². The molecule has 0 saturated carbocycles. The molecule has 1 aromatic heterocycles. The standard InChI is InChI=1S/C13H16N2.HI/c1-2-3-10-15-11-9-14-13(15)12-7-5-4-6-8-12;/h4-9,11H,2-3,10H2,1H3;1H. The van der Waals surface area contributed by atoms with Crippen LogP contribution in [0.2, 0.25) is 0 Å². The van der Waals surface area contributed by atoms with Gasteiger partial charge in [-0.25, -0.2) is 4.98 Å². The van der Waals surface area contributed by atoms with Crippen LogP contribution in [0.3, 0.4) is 0 Å². The van der Waals surface area contributed by atoms with E-state index in [-0.39, 0.29) is 24.0 Å². The van der Waals surface area contributed by atoms with E-state index >= 15 is 0 Å². The molecule has 3 heteroatoms. The van der Waals surface area contributed by atoms with Gasteiger partial charge in [-0.1, -0.05) is 43.7 Å². The quantitative estimate of drug-likeness (QED) is 0.777. The van der Waals surface area contributed by atoms with E-state index in [1.54, 1.807) is 0 Å². The molecule has 2 aromatic rings. The zero-order valence-corrected chi connectivity index (χ0v) is 11.8. The van der Waals surface area contributed by atoms with E-state index in [0.717, 1.165) is 12.4 Å². The van der Waals surface area contributed by atoms with Crippen LogP contribution in [-0.2, 0) is 6.54 Å². The Hall–Kier alpha value is -0.840. The zero-order chi connectivity index (χ0) is 10.5. The Bertz CT molecular complexity index is 409. The number of unbranched alkanes of at least 4 members (excludes halogenated alkanes) is 1. The summed E-state index contributed by atoms with van der Waals surface area (Å²) < 4.78 is 2.22. The van der Waals surface area contributed by atoms with Crippen molar-refractivity contribution in [2.45, 2.75) is 26.3 Å². The van der Waals surface area contributed by atoms with E-state index in [2.05, 4.69) is 34.8 Å². The van der Waals surface area contributed by atoms with Crippen LogP contribution in [0.5, 0.6) is 0 Å². The highest BCUT2D eigenvalue weighted by Crippen LogP contribution is 2.16. The Morgan fingerprint density at radius 3 is 2.62 bits per heavy atom. The molecule has 0 atom stereocenters. The first-order valence-corrected chi connectivity index (χ1v) is 5.48. The number of halogens is 1. The maximum absolute atomic E-state index is 4.40. The summed E-state index contributed by atoms with van der Waals surface area (Å²) in [5, 5.41) is 0. The molecule has 0 N–H and O–H groups in total. The Kier molecular flexibility index (Phi) is 5.52. The van der Waals surface area contributed by atoms with Crippen LogP contribution in [0.15, 0.2) is 42.7 Å². The first-order chi connectivity index (χ1) is 7.42. The molecular formula is C13H17IN2. The summed E-state index contributed by atoms with van der Waals surface area (Å²) >= 11 is 0. The summed E-state index contributed by atoms with van der Waals surface area (Å²) in [7, 11) is 0. The number of hydrogen-bond acceptors (Lipinski definition) is 1. The van der Waals surface area contributed by atoms with Crippen LogP contribution < -0.4 is 0 Å². The van der Waals surface area contributed by atoms with Crippen LogP contribution in [0.25, 0.3) is 11.4 Å². The predicted molar refractivity (Wildman–Crippen MR) is 78.0 cm³/mol. The van der Waals surface area contributed by atoms with E-state index in [4.69, 9.17) is 0 Å². The predicted octanol–water partition coefficient (Wildman–Crippen LogP) is 3.97. The number of rotatable bonds is 4. The molecule has 1 heterocycles. The maximum Gasteiger partial charge on any atom is 0.139 e. The van der Waals surface area contributed by atoms with Gasteiger partial charge >= 0.3 is 0 Å². The minimum absolute atomic E-state index is 0. The monoisotopic (exact) mass is 328 g/mol. The molecule has 16 heavy (non-hydrogen) atoms. The molecule has 2 rings (SSSR count). The highest BCUT2D eigenvalue weighted by Gasteiger charge is 2.03. The zero-order valence-electron chi connectivity index (χ0n) is 9.47. The molecular weight excluding hydrogens is 311 g/mol. The van der Waals surface area contributed by atoms with E-state index < -0.39 is 0 Å². The highest BCUT2D eigenvalue weighted by atomic mass is 127. The Balaban J connectivity index is 0.00000128. The third-order valence-electron chi connectivity index (χ3n) is 2.50. The highest BCUT2D eigenvalue weighted by molar-refractivity contribution is 14.0. The van der Waals surface area contributed by atoms with Crippen LogP contribution >= 0.6 is 24.0 Å². The Morgan fingerprint density at radius 1 is 1.19 bits per heavy atom. The largest absolute Gasteiger partial charge is 0.331 e. The van der Waals surface area contributed by atoms with Gasteiger partial charge in [0.25, 0.3) is 0 Å². The topological polar surface area (TPSA) is 17.8 Å². The number of aryl methyl sites for hydroxylation is 1. The van der Waals surface area contributed by atoms with Crippen molar-refractivity contribution in [1.29, 1.82) is 0 Å². The lowest BCUT2D eigenvalue weighted by Gasteiger charge is -2.06. The van der Waals surface area contributed by atoms with Crippen molar-refractivity contribution < 1.29 is 0 Å². The summed E-state index contributed by atoms with van der Waals surface area (Å²) in [6, 6.07) is 10.3. The van der Waals surface area contributed by atoms with Crippen molar-refractivity contribution in [3.8, 4) is 11.4 Å². The third-order valence-corrected chi connectivity index (χ3v) is 2.50. The van der Waals surface area contributed by atoms with E-state index in [0.29, 0.717) is 0 Å². The average molecular weight is 328 g/mol. The maximum atomic E-state index is 4.40. The molecule has 0 unspecified atom stereocenters. The van der Waals surface area contributed by atoms with Gasteiger partial charge in [-0.3, -0.25) is 0 Å². The van der Waals surface area contributed by atoms with Gasteiger partial charge in [0.1, 0.15) is 5.82 Å². The van der Waals surface area contributed by atoms with Gasteiger partial charge in [0.15, 0.2) is 0 Å². The Morgan fingerprint density at radius 2 is 1.94 bits per heavy atom. The lowest BCUT2D eigenvalue weighted by molar-refractivity contribution is 0.637. The lowest BCUT2D eigenvalue weighted by atomic mass is 10.2. The number of aromatic nitrogens is 2. The Labute approximate surface area is 114 Å². The van der Waals surface area contributed by atoms with E-state index in [9.17, 15) is 0 Å². The smallest absolute Gasteiger partial charge is 0.139 e. The van der Waals surface area contributed by atoms with Crippen molar-refractivity contribution in [3.05, 3.63) is 42.7 Å². The molecule has 0 saturated heterocycles. The van der Waals surface area contributed by atoms with Crippen molar-refractivity contribution in [3.63, 3.8) is 0 Å². The second-order valence-electron chi connectivity index (χ2n) is 3.66. The number of imidazole rings is 1. The third kappa shape index (κ3) is 3.07. The molecule has 1 aromatic carbocycles. The normalized spacial score (nSPS) is 9.81. The minimum Gasteiger partial charge on any atom is -0.331 e. The van der Waals surface area contributed by atoms with Crippen LogP contribution in [0.1, 0.15) is 19.8 Å². The molecule has 0 bridgehead atoms. The summed E-state index contributed by atoms with van der Waals surface area (Å²) in [5.74, 6) is 1.07. The van der Waals surface area contributed by atoms with Crippen molar-refractivity contribution in [2.24, 2.45) is 0 Å². The fraction of sp³-hybridized carbons (Fsp3) is 0.308. The molecule has 2 nitrogen and oxygen atoms in total. The van der Waals surface area contributed by atoms with Gasteiger partial charge in [-0.15, -0.1) is 24.0 Å². The minimum atomic E-state index is 0. The van der Waals surface area contributed by atoms with Gasteiger partial charge in [-0.2, -0.15) is 0 Å². The molecule has 86 valence electrons. The molecule has 0 aliphatic heterocycles. The van der Waals surface area contributed by atoms with Crippen LogP contribution in [-0.4, -0.2) is 9.55 Å². The summed E-state index contributed by atoms with van der Waals surface area (Å²) in [5.41, 5.74) is 1.19. The van der Waals surface area contributed by atoms with Gasteiger partial charge in [0, 0.05) is 24.5 Å². The second-order valence-corrected chi connectivity index (χ2v) is 3.66. The van der Waals surface area contributed by atoms with Crippen LogP contribution in [0.4, 0.5) is 0 Å². The molecule has 0 aliphatic carbocycles. The summed E-state index contributed by atoms with van der Waals surface area (Å²) in [6.45, 7) is 3.26. The second kappa shape index (κ2) is 6.68. The number of hydrogen-bond donors (Lipinski definition) is 0. The molecule has 0 spiro atoms. The number of nitrogens with zero attached hydrogens (tertiary/aromatic N) is 2. The van der Waals surface area contributed by atoms with Crippen molar-refractivity contribution >= 4 is 24.0 Å².